The number of nitrogens with one attached hydrogen (secondary N) is 2. The third-order valence-corrected chi connectivity index (χ3v) is 7.25. The van der Waals surface area contributed by atoms with Crippen LogP contribution in [0.2, 0.25) is 0 Å². The molecule has 1 saturated heterocycles. The van der Waals surface area contributed by atoms with Crippen molar-refractivity contribution in [1.29, 1.82) is 0 Å². The van der Waals surface area contributed by atoms with Crippen LogP contribution in [0.15, 0.2) is 47.4 Å². The van der Waals surface area contributed by atoms with Gasteiger partial charge in [0, 0.05) is 12.3 Å². The Kier molecular flexibility index (Phi) is 8.88. The summed E-state index contributed by atoms with van der Waals surface area (Å²) in [6.45, 7) is 5.63. The average molecular weight is 544 g/mol. The van der Waals surface area contributed by atoms with E-state index < -0.39 is 62.1 Å². The summed E-state index contributed by atoms with van der Waals surface area (Å²) >= 11 is 5.14. The minimum absolute atomic E-state index is 0.0289. The van der Waals surface area contributed by atoms with E-state index in [1.807, 2.05) is 0 Å². The van der Waals surface area contributed by atoms with Crippen LogP contribution in [0.3, 0.4) is 0 Å². The molecule has 0 spiro atoms. The molecule has 1 aliphatic heterocycles. The molecule has 1 aliphatic rings. The highest BCUT2D eigenvalue weighted by Crippen LogP contribution is 2.47. The molecule has 14 heteroatoms. The molecule has 12 nitrogen and oxygen atoms in total. The molecule has 0 bridgehead atoms. The molecule has 0 saturated carbocycles. The lowest BCUT2D eigenvalue weighted by Crippen LogP contribution is -2.45. The number of ether oxygens (including phenoxy) is 2. The number of hydrogen-bond acceptors (Lipinski definition) is 10. The van der Waals surface area contributed by atoms with Crippen molar-refractivity contribution in [3.63, 3.8) is 0 Å². The first kappa shape index (κ1) is 28.2. The number of aromatic nitrogens is 2. The van der Waals surface area contributed by atoms with E-state index in [9.17, 15) is 24.4 Å². The van der Waals surface area contributed by atoms with Gasteiger partial charge >= 0.3 is 13.7 Å². The molecule has 36 heavy (non-hydrogen) atoms. The standard InChI is InChI=1S/C22H30N3O9PS/c1-13(2)32-19(28)14(3)24-35(30,34-15-8-6-5-7-9-15)31-12-16-18(27)22(4,29)20(33-16)25-11-10-17(26)23-21(25)36/h5-11,13-14,16,18,20,27,29H,12H2,1-4H3,(H,24,30)(H,23,26,36)/t14-,16+,18-,20+,22?,35+/m0/s1. The molecule has 1 aromatic carbocycles. The van der Waals surface area contributed by atoms with Crippen LogP contribution in [0.1, 0.15) is 33.9 Å². The fraction of sp³-hybridized carbons (Fsp3) is 0.500. The number of benzene rings is 1. The summed E-state index contributed by atoms with van der Waals surface area (Å²) in [5.41, 5.74) is -2.29. The highest BCUT2D eigenvalue weighted by Gasteiger charge is 2.53. The van der Waals surface area contributed by atoms with Crippen LogP contribution in [-0.2, 0) is 23.4 Å². The van der Waals surface area contributed by atoms with Crippen LogP contribution in [0.5, 0.6) is 5.75 Å². The number of aromatic amines is 1. The number of aliphatic hydroxyl groups is 2. The lowest BCUT2D eigenvalue weighted by atomic mass is 9.96. The van der Waals surface area contributed by atoms with Gasteiger partial charge in [-0.25, -0.2) is 4.57 Å². The third kappa shape index (κ3) is 6.68. The molecular formula is C22H30N3O9PS. The van der Waals surface area contributed by atoms with Crippen LogP contribution in [-0.4, -0.2) is 62.3 Å². The number of H-pyrrole nitrogens is 1. The highest BCUT2D eigenvalue weighted by molar-refractivity contribution is 7.71. The Morgan fingerprint density at radius 3 is 2.58 bits per heavy atom. The van der Waals surface area contributed by atoms with E-state index in [1.54, 1.807) is 44.2 Å². The number of aliphatic hydroxyl groups excluding tert-OH is 1. The largest absolute Gasteiger partial charge is 0.462 e. The number of carbonyl (C=O) groups is 1. The molecule has 0 amide bonds. The maximum absolute atomic E-state index is 13.6. The molecular weight excluding hydrogens is 513 g/mol. The molecule has 0 aliphatic carbocycles. The Morgan fingerprint density at radius 1 is 1.31 bits per heavy atom. The van der Waals surface area contributed by atoms with Crippen LogP contribution in [0, 0.1) is 4.77 Å². The molecule has 3 rings (SSSR count). The average Bonchev–Trinajstić information content (AvgIpc) is 3.01. The zero-order valence-electron chi connectivity index (χ0n) is 20.2. The summed E-state index contributed by atoms with van der Waals surface area (Å²) in [4.78, 5) is 26.2. The molecule has 2 heterocycles. The second kappa shape index (κ2) is 11.3. The topological polar surface area (TPSA) is 161 Å². The summed E-state index contributed by atoms with van der Waals surface area (Å²) in [6.07, 6.45) is -2.93. The summed E-state index contributed by atoms with van der Waals surface area (Å²) in [5, 5.41) is 24.2. The van der Waals surface area contributed by atoms with Gasteiger partial charge in [-0.1, -0.05) is 18.2 Å². The lowest BCUT2D eigenvalue weighted by Gasteiger charge is -2.28. The van der Waals surface area contributed by atoms with Crippen molar-refractivity contribution in [2.75, 3.05) is 6.61 Å². The number of hydrogen-bond donors (Lipinski definition) is 4. The SMILES string of the molecule is CC(C)OC(=O)[C@H](C)N[P@@](=O)(OC[C@H]1O[C@@H](n2ccc(=O)[nH]c2=S)C(C)(O)[C@H]1O)Oc1ccccc1. The molecule has 4 N–H and O–H groups in total. The van der Waals surface area contributed by atoms with Crippen LogP contribution in [0.25, 0.3) is 0 Å². The Balaban J connectivity index is 1.80. The Morgan fingerprint density at radius 2 is 1.97 bits per heavy atom. The molecule has 1 unspecified atom stereocenters. The fourth-order valence-electron chi connectivity index (χ4n) is 3.50. The van der Waals surface area contributed by atoms with Gasteiger partial charge in [0.15, 0.2) is 11.0 Å². The first-order chi connectivity index (χ1) is 16.8. The Bertz CT molecular complexity index is 1220. The molecule has 198 valence electrons. The number of esters is 1. The monoisotopic (exact) mass is 543 g/mol. The normalized spacial score (nSPS) is 26.4. The van der Waals surface area contributed by atoms with Crippen molar-refractivity contribution >= 4 is 25.9 Å². The van der Waals surface area contributed by atoms with Gasteiger partial charge in [0.05, 0.1) is 12.7 Å². The van der Waals surface area contributed by atoms with Crippen LogP contribution in [0.4, 0.5) is 0 Å². The Labute approximate surface area is 212 Å². The van der Waals surface area contributed by atoms with Gasteiger partial charge in [0.25, 0.3) is 5.56 Å². The lowest BCUT2D eigenvalue weighted by molar-refractivity contribution is -0.149. The van der Waals surface area contributed by atoms with Crippen molar-refractivity contribution in [3.05, 3.63) is 57.7 Å². The Hall–Kier alpha value is -2.38. The summed E-state index contributed by atoms with van der Waals surface area (Å²) in [7, 11) is -4.22. The van der Waals surface area contributed by atoms with Crippen molar-refractivity contribution < 1.29 is 38.1 Å². The maximum Gasteiger partial charge on any atom is 0.459 e. The molecule has 0 radical (unpaired) electrons. The smallest absolute Gasteiger partial charge is 0.459 e. The van der Waals surface area contributed by atoms with E-state index in [1.165, 1.54) is 30.7 Å². The van der Waals surface area contributed by atoms with E-state index in [4.69, 9.17) is 30.7 Å². The zero-order valence-corrected chi connectivity index (χ0v) is 21.9. The molecule has 1 aromatic heterocycles. The molecule has 2 aromatic rings. The summed E-state index contributed by atoms with van der Waals surface area (Å²) in [6, 6.07) is 8.29. The van der Waals surface area contributed by atoms with Gasteiger partial charge in [-0.2, -0.15) is 5.09 Å². The second-order valence-electron chi connectivity index (χ2n) is 8.75. The van der Waals surface area contributed by atoms with E-state index in [0.29, 0.717) is 0 Å². The summed E-state index contributed by atoms with van der Waals surface area (Å²) in [5.74, 6) is -0.465. The predicted octanol–water partition coefficient (Wildman–Crippen LogP) is 2.05. The van der Waals surface area contributed by atoms with E-state index >= 15 is 0 Å². The van der Waals surface area contributed by atoms with Crippen molar-refractivity contribution in [3.8, 4) is 5.75 Å². The fourth-order valence-corrected chi connectivity index (χ4v) is 5.25. The van der Waals surface area contributed by atoms with Crippen molar-refractivity contribution in [2.24, 2.45) is 0 Å². The van der Waals surface area contributed by atoms with Gasteiger partial charge < -0.3 is 24.2 Å². The molecule has 6 atom stereocenters. The van der Waals surface area contributed by atoms with E-state index in [0.717, 1.165) is 0 Å². The minimum Gasteiger partial charge on any atom is -0.462 e. The first-order valence-electron chi connectivity index (χ1n) is 11.2. The van der Waals surface area contributed by atoms with Gasteiger partial charge in [0.2, 0.25) is 0 Å². The summed E-state index contributed by atoms with van der Waals surface area (Å²) < 4.78 is 37.0. The van der Waals surface area contributed by atoms with Gasteiger partial charge in [-0.05, 0) is 52.0 Å². The maximum atomic E-state index is 13.6. The van der Waals surface area contributed by atoms with E-state index in [-0.39, 0.29) is 10.5 Å². The van der Waals surface area contributed by atoms with E-state index in [2.05, 4.69) is 10.1 Å². The minimum atomic E-state index is -4.22. The predicted molar refractivity (Wildman–Crippen MR) is 131 cm³/mol. The first-order valence-corrected chi connectivity index (χ1v) is 13.1. The number of para-hydroxylation sites is 1. The van der Waals surface area contributed by atoms with Crippen molar-refractivity contribution in [2.45, 2.75) is 63.9 Å². The quantitative estimate of drug-likeness (QED) is 0.197. The molecule has 1 fully saturated rings. The van der Waals surface area contributed by atoms with Gasteiger partial charge in [0.1, 0.15) is 29.6 Å². The van der Waals surface area contributed by atoms with Crippen molar-refractivity contribution in [1.82, 2.24) is 14.6 Å². The van der Waals surface area contributed by atoms with Gasteiger partial charge in [-0.15, -0.1) is 0 Å². The zero-order chi connectivity index (χ0) is 26.7. The van der Waals surface area contributed by atoms with Crippen LogP contribution < -0.4 is 15.2 Å². The highest BCUT2D eigenvalue weighted by atomic mass is 32.1. The third-order valence-electron chi connectivity index (χ3n) is 5.29. The number of rotatable bonds is 10. The second-order valence-corrected chi connectivity index (χ2v) is 10.8. The van der Waals surface area contributed by atoms with Crippen LogP contribution >= 0.6 is 20.0 Å². The number of carbonyl (C=O) groups excluding carboxylic acids is 1. The number of nitrogens with zero attached hydrogens (tertiary/aromatic N) is 1. The van der Waals surface area contributed by atoms with Gasteiger partial charge in [-0.3, -0.25) is 23.7 Å².